The fourth-order valence-electron chi connectivity index (χ4n) is 7.40. The van der Waals surface area contributed by atoms with Crippen LogP contribution in [0.4, 0.5) is 8.78 Å². The van der Waals surface area contributed by atoms with Gasteiger partial charge in [-0.05, 0) is 161 Å². The van der Waals surface area contributed by atoms with E-state index in [2.05, 4.69) is 133 Å². The Kier molecular flexibility index (Phi) is 28.6. The number of imidazole rings is 1. The molecule has 4 fully saturated rings. The van der Waals surface area contributed by atoms with Crippen LogP contribution in [0, 0.1) is 12.8 Å². The van der Waals surface area contributed by atoms with E-state index < -0.39 is 5.92 Å². The van der Waals surface area contributed by atoms with Gasteiger partial charge in [0.25, 0.3) is 5.92 Å². The molecule has 5 aliphatic rings. The predicted octanol–water partition coefficient (Wildman–Crippen LogP) is 9.66. The molecule has 4 saturated heterocycles. The van der Waals surface area contributed by atoms with E-state index in [1.54, 1.807) is 11.8 Å². The largest absolute Gasteiger partial charge is 0.352 e. The van der Waals surface area contributed by atoms with Crippen LogP contribution in [0.15, 0.2) is 22.4 Å². The standard InChI is InChI=1S/C9H19N.C8H15F2N.C8H18N2.C8H17N.C7H13N3S.C7H12N2/c1-8(2)10-6-4-9(3)5-7-10;1-7(2)11-5-3-8(9,10)4-6-11;1-8(2)10-6-4-9(3)5-7-10;1-8(2)9-6-4-3-5-7-9;1-5(2)9-7-8-4-6(10-7)11-3;1-6(2)9-5-4-8-7(9)3/h8-9H,4-7H2,1-3H3;7H,3-6H2,1-2H3;8H,4-7H2,1-3H3;8H,3-7H2,1-2H3;5H,4H2,1-3H3,(H,8,9);4-6H,1-3H3. The number of alkyl halides is 2. The van der Waals surface area contributed by atoms with Crippen LogP contribution in [0.25, 0.3) is 0 Å². The lowest BCUT2D eigenvalue weighted by Gasteiger charge is -2.34. The summed E-state index contributed by atoms with van der Waals surface area (Å²) in [6.45, 7) is 42.7. The number of rotatable bonds is 6. The van der Waals surface area contributed by atoms with Gasteiger partial charge in [-0.3, -0.25) is 4.90 Å². The highest BCUT2D eigenvalue weighted by atomic mass is 32.2. The Morgan fingerprint density at radius 1 is 0.667 bits per heavy atom. The number of aliphatic imine (C=N–C) groups is 2. The molecule has 1 aromatic heterocycles. The van der Waals surface area contributed by atoms with Gasteiger partial charge >= 0.3 is 0 Å². The van der Waals surface area contributed by atoms with Gasteiger partial charge < -0.3 is 29.5 Å². The first-order valence-electron chi connectivity index (χ1n) is 23.6. The number of thioether (sulfide) groups is 1. The van der Waals surface area contributed by atoms with Crippen LogP contribution >= 0.6 is 11.8 Å². The second-order valence-electron chi connectivity index (χ2n) is 19.0. The number of piperazine rings is 1. The van der Waals surface area contributed by atoms with Crippen LogP contribution in [-0.4, -0.2) is 166 Å². The Labute approximate surface area is 373 Å². The average molecular weight is 869 g/mol. The Morgan fingerprint density at radius 3 is 1.50 bits per heavy atom. The molecule has 0 spiro atoms. The summed E-state index contributed by atoms with van der Waals surface area (Å²) in [4.78, 5) is 24.7. The number of nitrogens with one attached hydrogen (secondary N) is 1. The molecule has 0 atom stereocenters. The fourth-order valence-corrected chi connectivity index (χ4v) is 7.77. The quantitative estimate of drug-likeness (QED) is 0.304. The van der Waals surface area contributed by atoms with E-state index >= 15 is 0 Å². The summed E-state index contributed by atoms with van der Waals surface area (Å²) in [6, 6.07) is 3.61. The van der Waals surface area contributed by atoms with Gasteiger partial charge in [0.2, 0.25) is 5.96 Å². The molecule has 10 nitrogen and oxygen atoms in total. The molecule has 1 N–H and O–H groups in total. The van der Waals surface area contributed by atoms with E-state index in [9.17, 15) is 8.78 Å². The monoisotopic (exact) mass is 869 g/mol. The molecule has 0 aliphatic carbocycles. The molecule has 0 aromatic carbocycles. The third kappa shape index (κ3) is 24.9. The van der Waals surface area contributed by atoms with E-state index in [-0.39, 0.29) is 12.8 Å². The minimum Gasteiger partial charge on any atom is -0.352 e. The van der Waals surface area contributed by atoms with Gasteiger partial charge in [0.1, 0.15) is 5.82 Å². The van der Waals surface area contributed by atoms with Crippen molar-refractivity contribution in [1.29, 1.82) is 0 Å². The van der Waals surface area contributed by atoms with Crippen molar-refractivity contribution in [2.45, 2.75) is 184 Å². The van der Waals surface area contributed by atoms with Gasteiger partial charge in [0, 0.05) is 101 Å². The number of hydrogen-bond acceptors (Lipinski definition) is 10. The molecule has 0 unspecified atom stereocenters. The molecule has 0 saturated carbocycles. The lowest BCUT2D eigenvalue weighted by Crippen LogP contribution is -2.47. The van der Waals surface area contributed by atoms with E-state index in [1.165, 1.54) is 84.5 Å². The van der Waals surface area contributed by atoms with Crippen LogP contribution in [0.1, 0.15) is 147 Å². The van der Waals surface area contributed by atoms with E-state index in [0.29, 0.717) is 31.2 Å². The maximum absolute atomic E-state index is 12.6. The van der Waals surface area contributed by atoms with Crippen molar-refractivity contribution in [3.63, 3.8) is 0 Å². The Balaban J connectivity index is 0.000000361. The fraction of sp³-hybridized carbons (Fsp3) is 0.894. The number of guanidine groups is 1. The summed E-state index contributed by atoms with van der Waals surface area (Å²) in [5.41, 5.74) is 0. The highest BCUT2D eigenvalue weighted by molar-refractivity contribution is 8.13. The number of piperidine rings is 3. The zero-order chi connectivity index (χ0) is 45.4. The molecule has 60 heavy (non-hydrogen) atoms. The molecule has 0 amide bonds. The SMILES string of the molecule is CC(C)N1CCC(F)(F)CC1.CC(C)N1CCCCC1.CC(C)N1CCN(C)CC1.CC1CCN(C(C)C)CC1.CSC1=NC(NC(C)C)=NC1.Cc1nccn1C(C)C. The summed E-state index contributed by atoms with van der Waals surface area (Å²) < 4.78 is 27.4. The summed E-state index contributed by atoms with van der Waals surface area (Å²) in [6.07, 6.45) is 13.0. The van der Waals surface area contributed by atoms with Crippen molar-refractivity contribution >= 4 is 22.8 Å². The molecular formula is C47H94F2N10S. The molecule has 6 heterocycles. The molecule has 6 rings (SSSR count). The average Bonchev–Trinajstić information content (AvgIpc) is 3.85. The van der Waals surface area contributed by atoms with Gasteiger partial charge in [0.15, 0.2) is 0 Å². The first-order chi connectivity index (χ1) is 28.1. The Morgan fingerprint density at radius 2 is 1.13 bits per heavy atom. The first-order valence-corrected chi connectivity index (χ1v) is 24.8. The molecule has 5 aliphatic heterocycles. The summed E-state index contributed by atoms with van der Waals surface area (Å²) in [5, 5.41) is 4.25. The maximum atomic E-state index is 12.6. The number of aryl methyl sites for hydroxylation is 1. The van der Waals surface area contributed by atoms with Crippen molar-refractivity contribution in [3.8, 4) is 0 Å². The van der Waals surface area contributed by atoms with Crippen molar-refractivity contribution in [3.05, 3.63) is 18.2 Å². The van der Waals surface area contributed by atoms with Crippen molar-refractivity contribution in [2.75, 3.05) is 85.3 Å². The third-order valence-electron chi connectivity index (χ3n) is 11.9. The highest BCUT2D eigenvalue weighted by Crippen LogP contribution is 2.28. The predicted molar refractivity (Wildman–Crippen MR) is 260 cm³/mol. The van der Waals surface area contributed by atoms with E-state index in [1.807, 2.05) is 39.4 Å². The van der Waals surface area contributed by atoms with Crippen LogP contribution < -0.4 is 5.32 Å². The number of likely N-dealkylation sites (tertiary alicyclic amines) is 3. The van der Waals surface area contributed by atoms with E-state index in [0.717, 1.165) is 47.4 Å². The second-order valence-corrected chi connectivity index (χ2v) is 19.9. The van der Waals surface area contributed by atoms with Crippen LogP contribution in [0.2, 0.25) is 0 Å². The topological polar surface area (TPSA) is 70.8 Å². The smallest absolute Gasteiger partial charge is 0.250 e. The minimum atomic E-state index is -2.40. The summed E-state index contributed by atoms with van der Waals surface area (Å²) >= 11 is 1.66. The zero-order valence-electron chi connectivity index (χ0n) is 41.6. The molecule has 352 valence electrons. The van der Waals surface area contributed by atoms with Crippen molar-refractivity contribution in [1.82, 2.24) is 39.4 Å². The molecule has 13 heteroatoms. The van der Waals surface area contributed by atoms with Gasteiger partial charge in [0.05, 0.1) is 11.6 Å². The van der Waals surface area contributed by atoms with Crippen molar-refractivity contribution in [2.24, 2.45) is 15.9 Å². The molecule has 0 bridgehead atoms. The van der Waals surface area contributed by atoms with Crippen molar-refractivity contribution < 1.29 is 8.78 Å². The second kappa shape index (κ2) is 30.4. The van der Waals surface area contributed by atoms with Crippen LogP contribution in [-0.2, 0) is 0 Å². The van der Waals surface area contributed by atoms with Gasteiger partial charge in [-0.15, -0.1) is 11.8 Å². The lowest BCUT2D eigenvalue weighted by molar-refractivity contribution is -0.0603. The van der Waals surface area contributed by atoms with Crippen LogP contribution in [0.5, 0.6) is 0 Å². The van der Waals surface area contributed by atoms with E-state index in [4.69, 9.17) is 0 Å². The molecular weight excluding hydrogens is 775 g/mol. The Bertz CT molecular complexity index is 1240. The number of halogens is 2. The minimum absolute atomic E-state index is 0.0329. The summed E-state index contributed by atoms with van der Waals surface area (Å²) in [7, 11) is 2.19. The number of likely N-dealkylation sites (N-methyl/N-ethyl adjacent to an activating group) is 1. The number of hydrogen-bond donors (Lipinski definition) is 1. The number of nitrogens with zero attached hydrogens (tertiary/aromatic N) is 9. The Hall–Kier alpha value is -1.64. The first kappa shape index (κ1) is 56.4. The van der Waals surface area contributed by atoms with Crippen LogP contribution in [0.3, 0.4) is 0 Å². The lowest BCUT2D eigenvalue weighted by atomic mass is 9.98. The normalized spacial score (nSPS) is 20.9. The zero-order valence-corrected chi connectivity index (χ0v) is 42.4. The highest BCUT2D eigenvalue weighted by Gasteiger charge is 2.34. The summed E-state index contributed by atoms with van der Waals surface area (Å²) in [5.74, 6) is 0.440. The van der Waals surface area contributed by atoms with Gasteiger partial charge in [-0.2, -0.15) is 0 Å². The molecule has 0 radical (unpaired) electrons. The molecule has 1 aromatic rings. The number of aromatic nitrogens is 2. The van der Waals surface area contributed by atoms with Gasteiger partial charge in [-0.25, -0.2) is 23.7 Å². The maximum Gasteiger partial charge on any atom is 0.250 e. The van der Waals surface area contributed by atoms with Gasteiger partial charge in [-0.1, -0.05) is 13.3 Å². The third-order valence-corrected chi connectivity index (χ3v) is 12.6.